The molecule has 0 aliphatic heterocycles. The highest BCUT2D eigenvalue weighted by molar-refractivity contribution is 7.92. The maximum Gasteiger partial charge on any atom is 0.425 e. The van der Waals surface area contributed by atoms with Gasteiger partial charge in [-0.3, -0.25) is 4.72 Å². The zero-order chi connectivity index (χ0) is 67.5. The molecule has 0 atom stereocenters. The molecule has 0 unspecified atom stereocenters. The lowest BCUT2D eigenvalue weighted by atomic mass is 9.92. The summed E-state index contributed by atoms with van der Waals surface area (Å²) >= 11 is 19.3. The number of nitrogen functional groups attached to an aromatic ring is 1. The molecule has 502 valence electrons. The van der Waals surface area contributed by atoms with Crippen molar-refractivity contribution < 1.29 is 55.3 Å². The van der Waals surface area contributed by atoms with Gasteiger partial charge in [0.05, 0.1) is 22.4 Å². The predicted octanol–water partition coefficient (Wildman–Crippen LogP) is 17.8. The number of amides is 2. The fourth-order valence-corrected chi connectivity index (χ4v) is 12.3. The number of sulfonamides is 1. The minimum atomic E-state index is -3.46. The average molecular weight is 1370 g/mol. The molecular weight excluding hydrogens is 1280 g/mol. The molecule has 94 heavy (non-hydrogen) atoms. The van der Waals surface area contributed by atoms with E-state index in [1.165, 1.54) is 98.0 Å². The molecule has 19 nitrogen and oxygen atoms in total. The monoisotopic (exact) mass is 1360 g/mol. The van der Waals surface area contributed by atoms with Gasteiger partial charge in [0.2, 0.25) is 10.0 Å². The lowest BCUT2D eigenvalue weighted by molar-refractivity contribution is 0.0427. The van der Waals surface area contributed by atoms with Gasteiger partial charge in [0.25, 0.3) is 0 Å². The van der Waals surface area contributed by atoms with Crippen molar-refractivity contribution in [2.24, 2.45) is 0 Å². The topological polar surface area (TPSA) is 237 Å². The zero-order valence-electron chi connectivity index (χ0n) is 55.1. The normalized spacial score (nSPS) is 13.6. The second-order valence-corrected chi connectivity index (χ2v) is 28.5. The number of benzene rings is 6. The van der Waals surface area contributed by atoms with E-state index in [1.807, 2.05) is 24.3 Å². The molecule has 0 saturated carbocycles. The Balaban J connectivity index is 0.000000162. The Kier molecular flexibility index (Phi) is 23.4. The van der Waals surface area contributed by atoms with Crippen molar-refractivity contribution in [1.29, 1.82) is 0 Å². The molecule has 0 fully saturated rings. The number of nitrogens with zero attached hydrogens (tertiary/aromatic N) is 5. The van der Waals surface area contributed by atoms with Crippen LogP contribution in [0.15, 0.2) is 105 Å². The zero-order valence-corrected chi connectivity index (χ0v) is 58.2. The van der Waals surface area contributed by atoms with E-state index in [9.17, 15) is 18.0 Å². The van der Waals surface area contributed by atoms with Gasteiger partial charge in [0.1, 0.15) is 48.3 Å². The van der Waals surface area contributed by atoms with E-state index in [1.54, 1.807) is 71.9 Å². The number of fused-ring (bicyclic) bond motifs is 6. The number of anilines is 3. The molecule has 3 heterocycles. The van der Waals surface area contributed by atoms with Crippen LogP contribution in [0.2, 0.25) is 15.1 Å². The van der Waals surface area contributed by atoms with Gasteiger partial charge in [-0.25, -0.2) is 18.0 Å². The van der Waals surface area contributed by atoms with Crippen molar-refractivity contribution in [3.05, 3.63) is 156 Å². The number of hydrogen-bond donors (Lipinski definition) is 2. The van der Waals surface area contributed by atoms with E-state index in [2.05, 4.69) is 82.3 Å². The molecule has 12 rings (SSSR count). The summed E-state index contributed by atoms with van der Waals surface area (Å²) in [4.78, 5) is 29.1. The van der Waals surface area contributed by atoms with E-state index in [-0.39, 0.29) is 24.8 Å². The van der Waals surface area contributed by atoms with Gasteiger partial charge in [-0.1, -0.05) is 89.2 Å². The van der Waals surface area contributed by atoms with Crippen LogP contribution in [0.5, 0.6) is 17.2 Å². The van der Waals surface area contributed by atoms with Gasteiger partial charge in [0.15, 0.2) is 34.2 Å². The third-order valence-corrected chi connectivity index (χ3v) is 17.7. The number of aromatic nitrogens is 3. The third kappa shape index (κ3) is 19.0. The molecule has 2 amide bonds. The lowest BCUT2D eigenvalue weighted by Gasteiger charge is -2.27. The number of aryl methyl sites for hydroxylation is 6. The number of imide groups is 1. The van der Waals surface area contributed by atoms with Crippen LogP contribution in [0.4, 0.5) is 27.0 Å². The molecule has 3 aromatic heterocycles. The molecular formula is C71H84Cl3N7O12S. The smallest absolute Gasteiger partial charge is 0.425 e. The van der Waals surface area contributed by atoms with Crippen LogP contribution in [0.3, 0.4) is 0 Å². The quantitative estimate of drug-likeness (QED) is 0.0970. The number of carbonyl (C=O) groups excluding carboxylic acids is 2. The summed E-state index contributed by atoms with van der Waals surface area (Å²) in [5.41, 5.74) is 16.0. The molecule has 0 bridgehead atoms. The van der Waals surface area contributed by atoms with Crippen LogP contribution in [-0.2, 0) is 77.8 Å². The molecule has 3 N–H and O–H groups in total. The van der Waals surface area contributed by atoms with Gasteiger partial charge in [-0.15, -0.1) is 0 Å². The summed E-state index contributed by atoms with van der Waals surface area (Å²) in [6.07, 6.45) is 13.3. The molecule has 9 aromatic rings. The number of rotatable bonds is 15. The van der Waals surface area contributed by atoms with Crippen LogP contribution in [0.25, 0.3) is 32.9 Å². The number of ether oxygens (including phenoxy) is 5. The standard InChI is InChI=1S/C28H33ClN2O6.C19H19ClN2O4S.C18H17ClN2O2.C6H15N/c1-27(2,3)35-25(32)31(26(33)36-28(4,5)6)24-21-15-22(29)19(14-23(21)37-30-24)16-34-20-12-11-17-9-7-8-10-18(17)13-20;1-27(23,24)22-19-16-10-17(20)14(9-18(16)26-21-19)11-25-15-7-6-12-4-2-3-5-13(12)8-15;19-16-9-15-17(23-21-18(15)20)8-13(16)10-22-14-6-5-11-3-1-2-4-12(11)7-14;1-4-7(5-2)6-3/h11-15H,7-10,16H2,1-6H3;6-10H,2-5,11H2,1H3,(H,21,22);5-9H,1-4,10H2,(H2,20,21);4-6H2,1-3H3. The van der Waals surface area contributed by atoms with Gasteiger partial charge in [0, 0.05) is 31.8 Å². The summed E-state index contributed by atoms with van der Waals surface area (Å²) < 4.78 is 69.8. The van der Waals surface area contributed by atoms with Gasteiger partial charge >= 0.3 is 12.2 Å². The Bertz CT molecular complexity index is 4210. The van der Waals surface area contributed by atoms with Crippen LogP contribution in [0.1, 0.15) is 151 Å². The summed E-state index contributed by atoms with van der Waals surface area (Å²) in [7, 11) is -3.46. The number of carbonyl (C=O) groups is 2. The fourth-order valence-electron chi connectivity index (χ4n) is 11.2. The van der Waals surface area contributed by atoms with Crippen molar-refractivity contribution in [2.45, 2.75) is 170 Å². The second-order valence-electron chi connectivity index (χ2n) is 25.5. The Morgan fingerprint density at radius 2 is 0.862 bits per heavy atom. The fraction of sp³-hybridized carbons (Fsp3) is 0.423. The molecule has 0 radical (unpaired) electrons. The Morgan fingerprint density at radius 3 is 1.24 bits per heavy atom. The van der Waals surface area contributed by atoms with E-state index < -0.39 is 33.4 Å². The largest absolute Gasteiger partial charge is 0.489 e. The van der Waals surface area contributed by atoms with Crippen molar-refractivity contribution in [1.82, 2.24) is 20.4 Å². The highest BCUT2D eigenvalue weighted by atomic mass is 35.5. The minimum Gasteiger partial charge on any atom is -0.489 e. The summed E-state index contributed by atoms with van der Waals surface area (Å²) in [5.74, 6) is 2.86. The van der Waals surface area contributed by atoms with E-state index >= 15 is 0 Å². The second kappa shape index (κ2) is 31.2. The maximum absolute atomic E-state index is 13.0. The number of nitrogens with two attached hydrogens (primary N) is 1. The minimum absolute atomic E-state index is 0.0671. The van der Waals surface area contributed by atoms with Crippen molar-refractivity contribution in [3.63, 3.8) is 0 Å². The lowest BCUT2D eigenvalue weighted by Crippen LogP contribution is -2.44. The first kappa shape index (κ1) is 70.6. The molecule has 23 heteroatoms. The number of hydrogen-bond acceptors (Lipinski definition) is 17. The Labute approximate surface area is 564 Å². The molecule has 3 aliphatic rings. The molecule has 0 spiro atoms. The number of nitrogens with one attached hydrogen (secondary N) is 1. The first-order valence-corrected chi connectivity index (χ1v) is 35.0. The van der Waals surface area contributed by atoms with Crippen LogP contribution in [0, 0.1) is 0 Å². The Morgan fingerprint density at radius 1 is 0.511 bits per heavy atom. The van der Waals surface area contributed by atoms with E-state index in [4.69, 9.17) is 77.8 Å². The van der Waals surface area contributed by atoms with Crippen molar-refractivity contribution in [2.75, 3.05) is 41.2 Å². The maximum atomic E-state index is 13.0. The molecule has 3 aliphatic carbocycles. The Hall–Kier alpha value is -7.75. The molecule has 0 saturated heterocycles. The summed E-state index contributed by atoms with van der Waals surface area (Å²) in [5, 5.41) is 14.5. The SMILES string of the molecule is CC(C)(C)OC(=O)N(C(=O)OC(C)(C)C)c1noc2cc(COc3ccc4c(c3)CCCC4)c(Cl)cc12.CCN(CC)CC.CS(=O)(=O)Nc1noc2cc(COc3ccc4c(c3)CCCC4)c(Cl)cc12.Nc1noc2cc(COc3ccc4c(c3)CCCC4)c(Cl)cc12. The molecule has 6 aromatic carbocycles. The van der Waals surface area contributed by atoms with Crippen LogP contribution >= 0.6 is 34.8 Å². The van der Waals surface area contributed by atoms with Gasteiger partial charge in [-0.05, 0) is 244 Å². The third-order valence-electron chi connectivity index (χ3n) is 16.1. The van der Waals surface area contributed by atoms with Crippen molar-refractivity contribution >= 4 is 107 Å². The summed E-state index contributed by atoms with van der Waals surface area (Å²) in [6, 6.07) is 29.0. The average Bonchev–Trinajstić information content (AvgIpc) is 1.62. The van der Waals surface area contributed by atoms with E-state index in [0.717, 1.165) is 77.0 Å². The van der Waals surface area contributed by atoms with Gasteiger partial charge < -0.3 is 47.9 Å². The van der Waals surface area contributed by atoms with E-state index in [0.29, 0.717) is 60.6 Å². The summed E-state index contributed by atoms with van der Waals surface area (Å²) in [6.45, 7) is 21.2. The highest BCUT2D eigenvalue weighted by Crippen LogP contribution is 2.37. The predicted molar refractivity (Wildman–Crippen MR) is 371 cm³/mol. The van der Waals surface area contributed by atoms with Crippen LogP contribution < -0.4 is 29.6 Å². The first-order valence-electron chi connectivity index (χ1n) is 31.9. The van der Waals surface area contributed by atoms with Gasteiger partial charge in [-0.2, -0.15) is 4.90 Å². The van der Waals surface area contributed by atoms with Crippen LogP contribution in [-0.4, -0.2) is 78.1 Å². The number of halogens is 3. The van der Waals surface area contributed by atoms with Crippen molar-refractivity contribution in [3.8, 4) is 17.2 Å². The highest BCUT2D eigenvalue weighted by Gasteiger charge is 2.36. The first-order chi connectivity index (χ1) is 44.7.